The number of amides is 3. The van der Waals surface area contributed by atoms with Gasteiger partial charge in [0.05, 0.1) is 32.8 Å². The molecular formula is C35H44N4O5. The van der Waals surface area contributed by atoms with Crippen LogP contribution in [0, 0.1) is 0 Å². The van der Waals surface area contributed by atoms with Crippen LogP contribution in [0.2, 0.25) is 0 Å². The Hall–Kier alpha value is -4.21. The van der Waals surface area contributed by atoms with Crippen molar-refractivity contribution in [3.8, 4) is 5.75 Å². The van der Waals surface area contributed by atoms with Crippen LogP contribution in [0.25, 0.3) is 0 Å². The Balaban J connectivity index is 1.45. The second-order valence-electron chi connectivity index (χ2n) is 11.1. The van der Waals surface area contributed by atoms with Crippen molar-refractivity contribution < 1.29 is 23.9 Å². The van der Waals surface area contributed by atoms with Gasteiger partial charge in [0, 0.05) is 32.2 Å². The van der Waals surface area contributed by atoms with Crippen molar-refractivity contribution in [2.24, 2.45) is 5.73 Å². The fourth-order valence-corrected chi connectivity index (χ4v) is 5.53. The van der Waals surface area contributed by atoms with E-state index in [1.807, 2.05) is 60.7 Å². The van der Waals surface area contributed by atoms with Gasteiger partial charge >= 0.3 is 0 Å². The Bertz CT molecular complexity index is 1270. The molecule has 3 aromatic carbocycles. The Kier molecular flexibility index (Phi) is 12.8. The highest BCUT2D eigenvalue weighted by molar-refractivity contribution is 5.88. The number of nitrogens with two attached hydrogens (primary N) is 1. The lowest BCUT2D eigenvalue weighted by molar-refractivity contribution is -0.141. The normalized spacial score (nSPS) is 14.4. The Labute approximate surface area is 260 Å². The van der Waals surface area contributed by atoms with Crippen LogP contribution >= 0.6 is 0 Å². The summed E-state index contributed by atoms with van der Waals surface area (Å²) in [5, 5.41) is 3.20. The maximum Gasteiger partial charge on any atom is 0.242 e. The monoisotopic (exact) mass is 600 g/mol. The van der Waals surface area contributed by atoms with Crippen molar-refractivity contribution >= 4 is 17.7 Å². The summed E-state index contributed by atoms with van der Waals surface area (Å²) in [5.74, 6) is -0.318. The summed E-state index contributed by atoms with van der Waals surface area (Å²) in [6, 6.07) is 27.9. The summed E-state index contributed by atoms with van der Waals surface area (Å²) in [6.45, 7) is 1.72. The lowest BCUT2D eigenvalue weighted by atomic mass is 9.88. The van der Waals surface area contributed by atoms with Crippen molar-refractivity contribution in [3.63, 3.8) is 0 Å². The van der Waals surface area contributed by atoms with Crippen LogP contribution in [0.5, 0.6) is 5.75 Å². The van der Waals surface area contributed by atoms with Crippen LogP contribution in [0.3, 0.4) is 0 Å². The number of benzene rings is 3. The summed E-state index contributed by atoms with van der Waals surface area (Å²) in [7, 11) is 1.62. The van der Waals surface area contributed by atoms with Gasteiger partial charge in [0.25, 0.3) is 0 Å². The summed E-state index contributed by atoms with van der Waals surface area (Å²) >= 11 is 0. The number of nitrogens with zero attached hydrogens (tertiary/aromatic N) is 2. The van der Waals surface area contributed by atoms with E-state index in [1.54, 1.807) is 12.0 Å². The van der Waals surface area contributed by atoms with Gasteiger partial charge in [0.2, 0.25) is 17.7 Å². The predicted octanol–water partition coefficient (Wildman–Crippen LogP) is 3.37. The van der Waals surface area contributed by atoms with Gasteiger partial charge in [-0.25, -0.2) is 0 Å². The van der Waals surface area contributed by atoms with Crippen molar-refractivity contribution in [3.05, 3.63) is 102 Å². The van der Waals surface area contributed by atoms with Gasteiger partial charge in [-0.3, -0.25) is 14.4 Å². The van der Waals surface area contributed by atoms with Crippen molar-refractivity contribution in [2.45, 2.75) is 37.7 Å². The van der Waals surface area contributed by atoms with Gasteiger partial charge in [0.15, 0.2) is 0 Å². The zero-order valence-electron chi connectivity index (χ0n) is 25.5. The molecule has 3 N–H and O–H groups in total. The zero-order chi connectivity index (χ0) is 31.1. The number of rotatable bonds is 17. The molecular weight excluding hydrogens is 556 g/mol. The third-order valence-corrected chi connectivity index (χ3v) is 7.97. The molecule has 0 spiro atoms. The lowest BCUT2D eigenvalue weighted by Crippen LogP contribution is -2.48. The molecule has 1 atom stereocenters. The second kappa shape index (κ2) is 17.2. The highest BCUT2D eigenvalue weighted by Gasteiger charge is 2.25. The predicted molar refractivity (Wildman–Crippen MR) is 170 cm³/mol. The maximum atomic E-state index is 13.7. The van der Waals surface area contributed by atoms with E-state index in [0.29, 0.717) is 32.5 Å². The first-order chi connectivity index (χ1) is 21.4. The first kappa shape index (κ1) is 32.7. The van der Waals surface area contributed by atoms with E-state index in [-0.39, 0.29) is 43.5 Å². The molecule has 9 nitrogen and oxygen atoms in total. The van der Waals surface area contributed by atoms with Crippen molar-refractivity contribution in [2.75, 3.05) is 53.0 Å². The number of hydrogen-bond acceptors (Lipinski definition) is 6. The number of hydrogen-bond donors (Lipinski definition) is 2. The molecule has 1 aliphatic rings. The van der Waals surface area contributed by atoms with Gasteiger partial charge in [0.1, 0.15) is 5.75 Å². The molecule has 1 heterocycles. The molecule has 1 fully saturated rings. The second-order valence-corrected chi connectivity index (χ2v) is 11.1. The van der Waals surface area contributed by atoms with Gasteiger partial charge < -0.3 is 30.3 Å². The highest BCUT2D eigenvalue weighted by Crippen LogP contribution is 2.28. The number of carbonyl (C=O) groups excluding carboxylic acids is 3. The summed E-state index contributed by atoms with van der Waals surface area (Å²) in [5.41, 5.74) is 8.86. The number of carbonyl (C=O) groups is 3. The third-order valence-electron chi connectivity index (χ3n) is 7.97. The Morgan fingerprint density at radius 2 is 1.52 bits per heavy atom. The molecule has 3 aromatic rings. The Morgan fingerprint density at radius 1 is 0.886 bits per heavy atom. The van der Waals surface area contributed by atoms with Crippen LogP contribution in [0.4, 0.5) is 0 Å². The largest absolute Gasteiger partial charge is 0.497 e. The smallest absolute Gasteiger partial charge is 0.242 e. The summed E-state index contributed by atoms with van der Waals surface area (Å²) in [6.07, 6.45) is 3.25. The molecule has 1 saturated heterocycles. The van der Waals surface area contributed by atoms with Crippen LogP contribution < -0.4 is 15.8 Å². The summed E-state index contributed by atoms with van der Waals surface area (Å²) in [4.78, 5) is 42.2. The van der Waals surface area contributed by atoms with Crippen LogP contribution in [-0.2, 0) is 25.5 Å². The molecule has 234 valence electrons. The molecule has 4 rings (SSSR count). The third kappa shape index (κ3) is 10.2. The molecule has 9 heteroatoms. The van der Waals surface area contributed by atoms with Crippen LogP contribution in [-0.4, -0.2) is 86.6 Å². The quantitative estimate of drug-likeness (QED) is 0.246. The van der Waals surface area contributed by atoms with E-state index in [0.717, 1.165) is 41.9 Å². The highest BCUT2D eigenvalue weighted by atomic mass is 16.5. The lowest BCUT2D eigenvalue weighted by Gasteiger charge is -2.29. The van der Waals surface area contributed by atoms with E-state index < -0.39 is 5.91 Å². The van der Waals surface area contributed by atoms with E-state index in [9.17, 15) is 14.4 Å². The molecule has 1 unspecified atom stereocenters. The minimum Gasteiger partial charge on any atom is -0.497 e. The first-order valence-electron chi connectivity index (χ1n) is 15.3. The topological polar surface area (TPSA) is 114 Å². The molecule has 0 bridgehead atoms. The summed E-state index contributed by atoms with van der Waals surface area (Å²) < 4.78 is 10.9. The number of nitrogens with one attached hydrogen (secondary N) is 1. The van der Waals surface area contributed by atoms with Gasteiger partial charge in [-0.2, -0.15) is 0 Å². The average Bonchev–Trinajstić information content (AvgIpc) is 3.57. The number of methoxy groups -OCH3 is 1. The number of primary amides is 1. The maximum absolute atomic E-state index is 13.7. The van der Waals surface area contributed by atoms with Crippen molar-refractivity contribution in [1.82, 2.24) is 15.1 Å². The molecule has 0 radical (unpaired) electrons. The van der Waals surface area contributed by atoms with Crippen LogP contribution in [0.15, 0.2) is 84.9 Å². The minimum atomic E-state index is -0.594. The number of ether oxygens (including phenoxy) is 2. The standard InChI is InChI=1S/C35H44N4O5/c1-43-30-16-14-27(15-17-30)18-20-39(34(41)24-37-23-31-13-8-22-44-31)26-35(42)38(25-33(36)40)21-19-32(28-9-4-2-5-10-28)29-11-6-3-7-12-29/h2-7,9-12,14-17,31-32,37H,8,13,18-26H2,1H3,(H2,36,40). The molecule has 0 aliphatic carbocycles. The van der Waals surface area contributed by atoms with Gasteiger partial charge in [-0.1, -0.05) is 72.8 Å². The molecule has 0 aromatic heterocycles. The van der Waals surface area contributed by atoms with Crippen molar-refractivity contribution in [1.29, 1.82) is 0 Å². The zero-order valence-corrected chi connectivity index (χ0v) is 25.5. The molecule has 0 saturated carbocycles. The fraction of sp³-hybridized carbons (Fsp3) is 0.400. The molecule has 44 heavy (non-hydrogen) atoms. The van der Waals surface area contributed by atoms with E-state index in [1.165, 1.54) is 4.90 Å². The average molecular weight is 601 g/mol. The van der Waals surface area contributed by atoms with Gasteiger partial charge in [-0.15, -0.1) is 0 Å². The SMILES string of the molecule is COc1ccc(CCN(CC(=O)N(CCC(c2ccccc2)c2ccccc2)CC(N)=O)C(=O)CNCC2CCCO2)cc1. The molecule has 1 aliphatic heterocycles. The van der Waals surface area contributed by atoms with Gasteiger partial charge in [-0.05, 0) is 54.5 Å². The van der Waals surface area contributed by atoms with E-state index >= 15 is 0 Å². The van der Waals surface area contributed by atoms with E-state index in [4.69, 9.17) is 15.2 Å². The van der Waals surface area contributed by atoms with Crippen LogP contribution in [0.1, 0.15) is 41.9 Å². The van der Waals surface area contributed by atoms with E-state index in [2.05, 4.69) is 29.6 Å². The first-order valence-corrected chi connectivity index (χ1v) is 15.3. The molecule has 3 amide bonds. The Morgan fingerprint density at radius 3 is 2.09 bits per heavy atom. The minimum absolute atomic E-state index is 0.0235. The fourth-order valence-electron chi connectivity index (χ4n) is 5.53.